The molecule has 1 heterocycles. The average molecular weight is 360 g/mol. The zero-order valence-corrected chi connectivity index (χ0v) is 14.5. The van der Waals surface area contributed by atoms with Crippen LogP contribution in [0.15, 0.2) is 78.0 Å². The van der Waals surface area contributed by atoms with Crippen LogP contribution in [-0.4, -0.2) is 21.5 Å². The molecule has 7 heteroatoms. The summed E-state index contributed by atoms with van der Waals surface area (Å²) in [5.41, 5.74) is 5.11. The fourth-order valence-electron chi connectivity index (χ4n) is 2.54. The summed E-state index contributed by atoms with van der Waals surface area (Å²) in [7, 11) is 0. The summed E-state index contributed by atoms with van der Waals surface area (Å²) < 4.78 is 0. The van der Waals surface area contributed by atoms with Crippen LogP contribution in [0, 0.1) is 17.0 Å². The highest BCUT2D eigenvalue weighted by atomic mass is 16.6. The number of hydrogen-bond donors (Lipinski definition) is 1. The first kappa shape index (κ1) is 17.9. The van der Waals surface area contributed by atoms with Crippen LogP contribution in [-0.2, 0) is 0 Å². The predicted octanol–water partition coefficient (Wildman–Crippen LogP) is 3.48. The molecule has 3 rings (SSSR count). The van der Waals surface area contributed by atoms with Gasteiger partial charge in [0.1, 0.15) is 5.71 Å². The van der Waals surface area contributed by atoms with E-state index in [1.807, 2.05) is 36.4 Å². The molecule has 0 aliphatic rings. The third-order valence-corrected chi connectivity index (χ3v) is 3.88. The summed E-state index contributed by atoms with van der Waals surface area (Å²) in [6.45, 7) is 1.58. The van der Waals surface area contributed by atoms with Crippen molar-refractivity contribution in [2.75, 3.05) is 0 Å². The number of nitrogens with one attached hydrogen (secondary N) is 1. The molecule has 27 heavy (non-hydrogen) atoms. The molecule has 1 aromatic heterocycles. The molecule has 0 spiro atoms. The SMILES string of the molecule is Cc1cc(C(=O)NN=C(c2ccccc2)c2ccccn2)ccc1[N+](=O)[O-]. The highest BCUT2D eigenvalue weighted by Gasteiger charge is 2.14. The van der Waals surface area contributed by atoms with E-state index < -0.39 is 10.8 Å². The van der Waals surface area contributed by atoms with E-state index in [9.17, 15) is 14.9 Å². The lowest BCUT2D eigenvalue weighted by atomic mass is 10.1. The zero-order valence-electron chi connectivity index (χ0n) is 14.5. The Labute approximate surface area is 155 Å². The third kappa shape index (κ3) is 4.21. The fourth-order valence-corrected chi connectivity index (χ4v) is 2.54. The van der Waals surface area contributed by atoms with Crippen molar-refractivity contribution in [2.24, 2.45) is 5.10 Å². The van der Waals surface area contributed by atoms with Gasteiger partial charge in [0.25, 0.3) is 11.6 Å². The Bertz CT molecular complexity index is 961. The maximum absolute atomic E-state index is 12.4. The van der Waals surface area contributed by atoms with Crippen molar-refractivity contribution in [1.29, 1.82) is 0 Å². The molecule has 0 saturated carbocycles. The second-order valence-electron chi connectivity index (χ2n) is 5.74. The Balaban J connectivity index is 1.90. The highest BCUT2D eigenvalue weighted by Crippen LogP contribution is 2.18. The van der Waals surface area contributed by atoms with E-state index in [4.69, 9.17) is 0 Å². The minimum absolute atomic E-state index is 0.0338. The predicted molar refractivity (Wildman–Crippen MR) is 102 cm³/mol. The molecular weight excluding hydrogens is 344 g/mol. The molecule has 3 aromatic rings. The Morgan fingerprint density at radius 2 is 1.78 bits per heavy atom. The first-order valence-electron chi connectivity index (χ1n) is 8.16. The van der Waals surface area contributed by atoms with Crippen molar-refractivity contribution in [3.63, 3.8) is 0 Å². The molecule has 134 valence electrons. The van der Waals surface area contributed by atoms with Crippen molar-refractivity contribution in [3.8, 4) is 0 Å². The summed E-state index contributed by atoms with van der Waals surface area (Å²) in [6.07, 6.45) is 1.65. The van der Waals surface area contributed by atoms with Crippen molar-refractivity contribution < 1.29 is 9.72 Å². The molecular formula is C20H16N4O3. The van der Waals surface area contributed by atoms with Gasteiger partial charge >= 0.3 is 0 Å². The number of carbonyl (C=O) groups is 1. The van der Waals surface area contributed by atoms with Gasteiger partial charge in [-0.3, -0.25) is 19.9 Å². The quantitative estimate of drug-likeness (QED) is 0.428. The van der Waals surface area contributed by atoms with Gasteiger partial charge < -0.3 is 0 Å². The molecule has 7 nitrogen and oxygen atoms in total. The Kier molecular flexibility index (Phi) is 5.32. The maximum Gasteiger partial charge on any atom is 0.272 e. The lowest BCUT2D eigenvalue weighted by Gasteiger charge is -2.07. The van der Waals surface area contributed by atoms with Crippen molar-refractivity contribution >= 4 is 17.3 Å². The molecule has 0 aliphatic heterocycles. The number of nitro groups is 1. The smallest absolute Gasteiger partial charge is 0.267 e. The van der Waals surface area contributed by atoms with Gasteiger partial charge in [-0.05, 0) is 31.2 Å². The third-order valence-electron chi connectivity index (χ3n) is 3.88. The lowest BCUT2D eigenvalue weighted by molar-refractivity contribution is -0.385. The number of benzene rings is 2. The first-order chi connectivity index (χ1) is 13.1. The van der Waals surface area contributed by atoms with Crippen LogP contribution in [0.5, 0.6) is 0 Å². The number of hydrogen-bond acceptors (Lipinski definition) is 5. The van der Waals surface area contributed by atoms with Crippen LogP contribution in [0.25, 0.3) is 0 Å². The summed E-state index contributed by atoms with van der Waals surface area (Å²) in [5, 5.41) is 15.2. The molecule has 0 saturated heterocycles. The van der Waals surface area contributed by atoms with Crippen LogP contribution in [0.3, 0.4) is 0 Å². The largest absolute Gasteiger partial charge is 0.272 e. The highest BCUT2D eigenvalue weighted by molar-refractivity contribution is 6.12. The van der Waals surface area contributed by atoms with Gasteiger partial charge in [-0.1, -0.05) is 36.4 Å². The van der Waals surface area contributed by atoms with Gasteiger partial charge in [0.05, 0.1) is 10.6 Å². The number of nitro benzene ring substituents is 1. The van der Waals surface area contributed by atoms with Gasteiger partial charge in [-0.15, -0.1) is 0 Å². The monoisotopic (exact) mass is 360 g/mol. The Morgan fingerprint density at radius 3 is 2.41 bits per heavy atom. The van der Waals surface area contributed by atoms with E-state index >= 15 is 0 Å². The lowest BCUT2D eigenvalue weighted by Crippen LogP contribution is -2.21. The molecule has 0 bridgehead atoms. The van der Waals surface area contributed by atoms with Gasteiger partial charge in [0.15, 0.2) is 0 Å². The summed E-state index contributed by atoms with van der Waals surface area (Å²) >= 11 is 0. The van der Waals surface area contributed by atoms with E-state index in [-0.39, 0.29) is 11.3 Å². The number of amides is 1. The molecule has 0 atom stereocenters. The van der Waals surface area contributed by atoms with Gasteiger partial charge in [0, 0.05) is 29.0 Å². The fraction of sp³-hybridized carbons (Fsp3) is 0.0500. The van der Waals surface area contributed by atoms with E-state index in [0.29, 0.717) is 17.0 Å². The van der Waals surface area contributed by atoms with E-state index in [1.165, 1.54) is 18.2 Å². The number of pyridine rings is 1. The molecule has 0 aliphatic carbocycles. The molecule has 1 amide bonds. The molecule has 0 fully saturated rings. The molecule has 1 N–H and O–H groups in total. The minimum atomic E-state index is -0.482. The van der Waals surface area contributed by atoms with Gasteiger partial charge in [-0.2, -0.15) is 5.10 Å². The van der Waals surface area contributed by atoms with Crippen molar-refractivity contribution in [3.05, 3.63) is 105 Å². The van der Waals surface area contributed by atoms with Crippen LogP contribution in [0.4, 0.5) is 5.69 Å². The summed E-state index contributed by atoms with van der Waals surface area (Å²) in [4.78, 5) is 27.2. The van der Waals surface area contributed by atoms with Crippen molar-refractivity contribution in [1.82, 2.24) is 10.4 Å². The van der Waals surface area contributed by atoms with Crippen LogP contribution < -0.4 is 5.43 Å². The topological polar surface area (TPSA) is 97.5 Å². The van der Waals surface area contributed by atoms with E-state index in [2.05, 4.69) is 15.5 Å². The number of hydrazone groups is 1. The Hall–Kier alpha value is -3.87. The maximum atomic E-state index is 12.4. The number of nitrogens with zero attached hydrogens (tertiary/aromatic N) is 3. The second kappa shape index (κ2) is 8.01. The number of rotatable bonds is 5. The second-order valence-corrected chi connectivity index (χ2v) is 5.74. The van der Waals surface area contributed by atoms with E-state index in [0.717, 1.165) is 5.56 Å². The average Bonchev–Trinajstić information content (AvgIpc) is 2.69. The molecule has 0 unspecified atom stereocenters. The van der Waals surface area contributed by atoms with Crippen LogP contribution >= 0.6 is 0 Å². The summed E-state index contributed by atoms with van der Waals surface area (Å²) in [5.74, 6) is -0.461. The number of carbonyl (C=O) groups excluding carboxylic acids is 1. The molecule has 2 aromatic carbocycles. The Morgan fingerprint density at radius 1 is 1.04 bits per heavy atom. The van der Waals surface area contributed by atoms with Crippen LogP contribution in [0.1, 0.15) is 27.2 Å². The van der Waals surface area contributed by atoms with Crippen molar-refractivity contribution in [2.45, 2.75) is 6.92 Å². The number of aryl methyl sites for hydroxylation is 1. The van der Waals surface area contributed by atoms with E-state index in [1.54, 1.807) is 25.3 Å². The van der Waals surface area contributed by atoms with Gasteiger partial charge in [-0.25, -0.2) is 5.43 Å². The summed E-state index contributed by atoms with van der Waals surface area (Å²) in [6, 6.07) is 19.0. The standard InChI is InChI=1S/C20H16N4O3/c1-14-13-16(10-11-18(14)24(26)27)20(25)23-22-19(15-7-3-2-4-8-15)17-9-5-6-12-21-17/h2-13H,1H3,(H,23,25). The van der Waals surface area contributed by atoms with Gasteiger partial charge in [0.2, 0.25) is 0 Å². The first-order valence-corrected chi connectivity index (χ1v) is 8.16. The van der Waals surface area contributed by atoms with Crippen LogP contribution in [0.2, 0.25) is 0 Å². The minimum Gasteiger partial charge on any atom is -0.267 e. The molecule has 0 radical (unpaired) electrons. The zero-order chi connectivity index (χ0) is 19.2. The normalized spacial score (nSPS) is 11.1. The number of aromatic nitrogens is 1.